The number of hydrogen-bond donors (Lipinski definition) is 1. The van der Waals surface area contributed by atoms with Crippen molar-refractivity contribution in [3.8, 4) is 11.4 Å². The Balaban J connectivity index is 1.88. The Labute approximate surface area is 190 Å². The Bertz CT molecular complexity index is 1360. The lowest BCUT2D eigenvalue weighted by Crippen LogP contribution is -2.15. The van der Waals surface area contributed by atoms with Gasteiger partial charge in [0.25, 0.3) is 5.91 Å². The highest BCUT2D eigenvalue weighted by Crippen LogP contribution is 2.34. The molecule has 0 aliphatic rings. The molecule has 0 atom stereocenters. The number of anilines is 1. The molecular weight excluding hydrogens is 422 g/mol. The van der Waals surface area contributed by atoms with Gasteiger partial charge in [0.05, 0.1) is 35.1 Å². The van der Waals surface area contributed by atoms with Gasteiger partial charge in [0, 0.05) is 16.5 Å². The summed E-state index contributed by atoms with van der Waals surface area (Å²) in [6.45, 7) is 7.73. The van der Waals surface area contributed by atoms with Crippen molar-refractivity contribution in [2.24, 2.45) is 0 Å². The minimum Gasteiger partial charge on any atom is -0.465 e. The molecule has 32 heavy (non-hydrogen) atoms. The first-order chi connectivity index (χ1) is 15.3. The zero-order valence-electron chi connectivity index (χ0n) is 18.6. The number of carbonyl (C=O) groups excluding carboxylic acids is 2. The van der Waals surface area contributed by atoms with Gasteiger partial charge in [-0.2, -0.15) is 0 Å². The summed E-state index contributed by atoms with van der Waals surface area (Å²) < 4.78 is 4.94. The number of methoxy groups -OCH3 is 1. The van der Waals surface area contributed by atoms with Crippen LogP contribution in [0.3, 0.4) is 0 Å². The van der Waals surface area contributed by atoms with Crippen LogP contribution < -0.4 is 5.32 Å². The van der Waals surface area contributed by atoms with Gasteiger partial charge in [0.15, 0.2) is 0 Å². The number of thiophene rings is 1. The molecule has 0 unspecified atom stereocenters. The third-order valence-electron chi connectivity index (χ3n) is 5.42. The smallest absolute Gasteiger partial charge is 0.341 e. The van der Waals surface area contributed by atoms with Crippen LogP contribution in [0.2, 0.25) is 0 Å². The summed E-state index contributed by atoms with van der Waals surface area (Å²) in [4.78, 5) is 36.0. The van der Waals surface area contributed by atoms with E-state index in [0.29, 0.717) is 27.5 Å². The highest BCUT2D eigenvalue weighted by Gasteiger charge is 2.23. The number of nitrogens with zero attached hydrogens (tertiary/aromatic N) is 2. The molecule has 3 aromatic heterocycles. The SMILES string of the molecule is COC(=O)c1c(NC(=O)c2cc(-c3ccccn3)nc3c(C)cc(C)cc23)sc(C)c1C. The van der Waals surface area contributed by atoms with Gasteiger partial charge in [0.2, 0.25) is 0 Å². The Morgan fingerprint density at radius 2 is 1.81 bits per heavy atom. The number of aromatic nitrogens is 2. The number of ether oxygens (including phenoxy) is 1. The lowest BCUT2D eigenvalue weighted by atomic mass is 10.0. The maximum atomic E-state index is 13.5. The van der Waals surface area contributed by atoms with Crippen molar-refractivity contribution in [3.63, 3.8) is 0 Å². The molecule has 0 aliphatic carbocycles. The predicted molar refractivity (Wildman–Crippen MR) is 128 cm³/mol. The first-order valence-electron chi connectivity index (χ1n) is 10.1. The van der Waals surface area contributed by atoms with Crippen LogP contribution in [0.4, 0.5) is 5.00 Å². The normalized spacial score (nSPS) is 10.9. The van der Waals surface area contributed by atoms with E-state index in [1.165, 1.54) is 18.4 Å². The summed E-state index contributed by atoms with van der Waals surface area (Å²) in [5.41, 5.74) is 5.72. The van der Waals surface area contributed by atoms with Gasteiger partial charge < -0.3 is 10.1 Å². The lowest BCUT2D eigenvalue weighted by Gasteiger charge is -2.13. The molecule has 0 aliphatic heterocycles. The van der Waals surface area contributed by atoms with E-state index in [1.807, 2.05) is 58.0 Å². The quantitative estimate of drug-likeness (QED) is 0.412. The molecule has 1 amide bonds. The molecule has 4 rings (SSSR count). The molecule has 4 aromatic rings. The summed E-state index contributed by atoms with van der Waals surface area (Å²) in [7, 11) is 1.33. The maximum absolute atomic E-state index is 13.5. The van der Waals surface area contributed by atoms with Crippen LogP contribution in [0.1, 0.15) is 42.3 Å². The Morgan fingerprint density at radius 1 is 1.03 bits per heavy atom. The fraction of sp³-hybridized carbons (Fsp3) is 0.200. The molecule has 3 heterocycles. The largest absolute Gasteiger partial charge is 0.465 e. The number of aryl methyl sites for hydroxylation is 3. The molecule has 0 saturated carbocycles. The number of nitrogens with one attached hydrogen (secondary N) is 1. The Hall–Kier alpha value is -3.58. The van der Waals surface area contributed by atoms with E-state index in [0.717, 1.165) is 32.5 Å². The molecule has 162 valence electrons. The number of hydrogen-bond acceptors (Lipinski definition) is 6. The third-order valence-corrected chi connectivity index (χ3v) is 6.54. The molecule has 1 N–H and O–H groups in total. The topological polar surface area (TPSA) is 81.2 Å². The second kappa shape index (κ2) is 8.51. The van der Waals surface area contributed by atoms with E-state index in [2.05, 4.69) is 10.3 Å². The Morgan fingerprint density at radius 3 is 2.50 bits per heavy atom. The van der Waals surface area contributed by atoms with E-state index < -0.39 is 5.97 Å². The number of esters is 1. The summed E-state index contributed by atoms with van der Waals surface area (Å²) in [5, 5.41) is 4.18. The number of rotatable bonds is 4. The standard InChI is InChI=1S/C25H23N3O3S/c1-13-10-14(2)22-17(11-13)18(12-20(27-22)19-8-6-7-9-26-19)23(29)28-24-21(25(30)31-5)15(3)16(4)32-24/h6-12H,1-5H3,(H,28,29). The van der Waals surface area contributed by atoms with Crippen molar-refractivity contribution in [1.29, 1.82) is 0 Å². The molecular formula is C25H23N3O3S. The second-order valence-corrected chi connectivity index (χ2v) is 8.91. The molecule has 0 spiro atoms. The number of amides is 1. The van der Waals surface area contributed by atoms with Crippen molar-refractivity contribution >= 4 is 39.1 Å². The van der Waals surface area contributed by atoms with Crippen LogP contribution in [-0.2, 0) is 4.74 Å². The first kappa shape index (κ1) is 21.6. The van der Waals surface area contributed by atoms with Crippen LogP contribution >= 0.6 is 11.3 Å². The van der Waals surface area contributed by atoms with E-state index in [-0.39, 0.29) is 5.91 Å². The number of carbonyl (C=O) groups is 2. The van der Waals surface area contributed by atoms with Crippen LogP contribution in [0, 0.1) is 27.7 Å². The molecule has 0 bridgehead atoms. The van der Waals surface area contributed by atoms with Crippen molar-refractivity contribution in [2.45, 2.75) is 27.7 Å². The van der Waals surface area contributed by atoms with Gasteiger partial charge in [-0.3, -0.25) is 9.78 Å². The summed E-state index contributed by atoms with van der Waals surface area (Å²) in [5.74, 6) is -0.784. The molecule has 0 radical (unpaired) electrons. The van der Waals surface area contributed by atoms with Crippen LogP contribution in [0.25, 0.3) is 22.3 Å². The van der Waals surface area contributed by atoms with Crippen molar-refractivity contribution in [3.05, 3.63) is 75.3 Å². The summed E-state index contributed by atoms with van der Waals surface area (Å²) in [6.07, 6.45) is 1.70. The number of benzene rings is 1. The summed E-state index contributed by atoms with van der Waals surface area (Å²) >= 11 is 1.36. The van der Waals surface area contributed by atoms with Gasteiger partial charge in [0.1, 0.15) is 5.00 Å². The van der Waals surface area contributed by atoms with E-state index >= 15 is 0 Å². The highest BCUT2D eigenvalue weighted by molar-refractivity contribution is 7.16. The van der Waals surface area contributed by atoms with Gasteiger partial charge in [-0.1, -0.05) is 17.7 Å². The summed E-state index contributed by atoms with van der Waals surface area (Å²) in [6, 6.07) is 11.3. The number of fused-ring (bicyclic) bond motifs is 1. The van der Waals surface area contributed by atoms with Gasteiger partial charge in [-0.15, -0.1) is 11.3 Å². The van der Waals surface area contributed by atoms with Crippen LogP contribution in [0.15, 0.2) is 42.6 Å². The molecule has 7 heteroatoms. The zero-order valence-corrected chi connectivity index (χ0v) is 19.4. The molecule has 0 saturated heterocycles. The van der Waals surface area contributed by atoms with Crippen molar-refractivity contribution < 1.29 is 14.3 Å². The van der Waals surface area contributed by atoms with E-state index in [9.17, 15) is 9.59 Å². The number of pyridine rings is 2. The minimum absolute atomic E-state index is 0.314. The van der Waals surface area contributed by atoms with Crippen LogP contribution in [-0.4, -0.2) is 29.0 Å². The zero-order chi connectivity index (χ0) is 23.0. The van der Waals surface area contributed by atoms with Gasteiger partial charge in [-0.25, -0.2) is 9.78 Å². The minimum atomic E-state index is -0.470. The molecule has 1 aromatic carbocycles. The average Bonchev–Trinajstić information content (AvgIpc) is 3.06. The fourth-order valence-corrected chi connectivity index (χ4v) is 4.79. The first-order valence-corrected chi connectivity index (χ1v) is 10.9. The van der Waals surface area contributed by atoms with Gasteiger partial charge in [-0.05, 0) is 63.1 Å². The molecule has 0 fully saturated rings. The molecule has 6 nitrogen and oxygen atoms in total. The second-order valence-electron chi connectivity index (χ2n) is 7.68. The monoisotopic (exact) mass is 445 g/mol. The maximum Gasteiger partial charge on any atom is 0.341 e. The lowest BCUT2D eigenvalue weighted by molar-refractivity contribution is 0.0601. The Kier molecular flexibility index (Phi) is 5.76. The third kappa shape index (κ3) is 3.87. The average molecular weight is 446 g/mol. The van der Waals surface area contributed by atoms with Crippen molar-refractivity contribution in [1.82, 2.24) is 9.97 Å². The predicted octanol–water partition coefficient (Wildman–Crippen LogP) is 5.63. The van der Waals surface area contributed by atoms with E-state index in [1.54, 1.807) is 12.3 Å². The highest BCUT2D eigenvalue weighted by atomic mass is 32.1. The van der Waals surface area contributed by atoms with Gasteiger partial charge >= 0.3 is 5.97 Å². The van der Waals surface area contributed by atoms with Crippen molar-refractivity contribution in [2.75, 3.05) is 12.4 Å². The van der Waals surface area contributed by atoms with Crippen LogP contribution in [0.5, 0.6) is 0 Å². The fourth-order valence-electron chi connectivity index (χ4n) is 3.75. The van der Waals surface area contributed by atoms with E-state index in [4.69, 9.17) is 9.72 Å².